The summed E-state index contributed by atoms with van der Waals surface area (Å²) in [6.45, 7) is 5.37. The molecule has 0 N–H and O–H groups in total. The minimum Gasteiger partial charge on any atom is -0.490 e. The molecule has 0 amide bonds. The second-order valence-electron chi connectivity index (χ2n) is 6.31. The summed E-state index contributed by atoms with van der Waals surface area (Å²) in [5.41, 5.74) is 1.33. The summed E-state index contributed by atoms with van der Waals surface area (Å²) < 4.78 is 11.4. The summed E-state index contributed by atoms with van der Waals surface area (Å²) in [6, 6.07) is 6.42. The Bertz CT molecular complexity index is 488. The van der Waals surface area contributed by atoms with Gasteiger partial charge >= 0.3 is 0 Å². The molecule has 2 aliphatic rings. The first kappa shape index (κ1) is 15.2. The summed E-state index contributed by atoms with van der Waals surface area (Å²) in [4.78, 5) is 0.447. The maximum Gasteiger partial charge on any atom is 0.161 e. The van der Waals surface area contributed by atoms with Crippen LogP contribution in [-0.2, 0) is 0 Å². The first-order valence-electron chi connectivity index (χ1n) is 8.26. The molecule has 2 nitrogen and oxygen atoms in total. The van der Waals surface area contributed by atoms with Crippen molar-refractivity contribution >= 4 is 15.9 Å². The summed E-state index contributed by atoms with van der Waals surface area (Å²) in [5, 5.41) is 0. The van der Waals surface area contributed by atoms with Crippen LogP contribution < -0.4 is 9.47 Å². The molecule has 116 valence electrons. The number of rotatable bonds is 6. The number of halogens is 1. The van der Waals surface area contributed by atoms with Gasteiger partial charge in [-0.3, -0.25) is 0 Å². The monoisotopic (exact) mass is 352 g/mol. The van der Waals surface area contributed by atoms with E-state index in [0.29, 0.717) is 18.0 Å². The molecule has 2 aliphatic carbocycles. The molecule has 2 fully saturated rings. The van der Waals surface area contributed by atoms with Crippen molar-refractivity contribution in [3.63, 3.8) is 0 Å². The van der Waals surface area contributed by atoms with E-state index in [-0.39, 0.29) is 0 Å². The standard InChI is InChI=1S/C18H25BrO2/c1-3-20-16-8-7-14(11-17(16)21-4-2)18(19)15-10-12-5-6-13(15)9-12/h7-8,11-13,15,18H,3-6,9-10H2,1-2H3. The number of hydrogen-bond acceptors (Lipinski definition) is 2. The van der Waals surface area contributed by atoms with Gasteiger partial charge in [-0.2, -0.15) is 0 Å². The Balaban J connectivity index is 1.79. The molecule has 0 aliphatic heterocycles. The molecule has 0 heterocycles. The van der Waals surface area contributed by atoms with Gasteiger partial charge < -0.3 is 9.47 Å². The molecule has 0 spiro atoms. The molecule has 2 bridgehead atoms. The fourth-order valence-electron chi connectivity index (χ4n) is 4.14. The quantitative estimate of drug-likeness (QED) is 0.642. The molecule has 3 rings (SSSR count). The van der Waals surface area contributed by atoms with Gasteiger partial charge in [0.1, 0.15) is 0 Å². The van der Waals surface area contributed by atoms with Crippen LogP contribution in [0.5, 0.6) is 11.5 Å². The van der Waals surface area contributed by atoms with Gasteiger partial charge in [-0.1, -0.05) is 28.4 Å². The lowest BCUT2D eigenvalue weighted by Gasteiger charge is -2.27. The van der Waals surface area contributed by atoms with E-state index in [1.54, 1.807) is 0 Å². The zero-order valence-corrected chi connectivity index (χ0v) is 14.6. The molecule has 4 unspecified atom stereocenters. The van der Waals surface area contributed by atoms with Crippen molar-refractivity contribution in [1.82, 2.24) is 0 Å². The number of alkyl halides is 1. The lowest BCUT2D eigenvalue weighted by molar-refractivity contribution is 0.286. The van der Waals surface area contributed by atoms with Crippen LogP contribution in [-0.4, -0.2) is 13.2 Å². The molecule has 3 heteroatoms. The second-order valence-corrected chi connectivity index (χ2v) is 7.30. The van der Waals surface area contributed by atoms with Gasteiger partial charge in [-0.15, -0.1) is 0 Å². The van der Waals surface area contributed by atoms with E-state index in [9.17, 15) is 0 Å². The van der Waals surface area contributed by atoms with Gasteiger partial charge in [-0.05, 0) is 68.6 Å². The molecule has 0 radical (unpaired) electrons. The SMILES string of the molecule is CCOc1ccc(C(Br)C2CC3CCC2C3)cc1OCC. The molecular weight excluding hydrogens is 328 g/mol. The number of fused-ring (bicyclic) bond motifs is 2. The van der Waals surface area contributed by atoms with Crippen molar-refractivity contribution in [2.24, 2.45) is 17.8 Å². The smallest absolute Gasteiger partial charge is 0.161 e. The zero-order chi connectivity index (χ0) is 14.8. The van der Waals surface area contributed by atoms with Crippen LogP contribution in [0.4, 0.5) is 0 Å². The normalized spacial score (nSPS) is 28.6. The fraction of sp³-hybridized carbons (Fsp3) is 0.667. The highest BCUT2D eigenvalue weighted by Crippen LogP contribution is 2.55. The Kier molecular flexibility index (Phi) is 4.78. The van der Waals surface area contributed by atoms with Crippen LogP contribution in [0.3, 0.4) is 0 Å². The Morgan fingerprint density at radius 1 is 1.10 bits per heavy atom. The average molecular weight is 353 g/mol. The van der Waals surface area contributed by atoms with E-state index in [0.717, 1.165) is 29.3 Å². The summed E-state index contributed by atoms with van der Waals surface area (Å²) >= 11 is 3.97. The fourth-order valence-corrected chi connectivity index (χ4v) is 5.07. The van der Waals surface area contributed by atoms with E-state index in [1.807, 2.05) is 13.8 Å². The van der Waals surface area contributed by atoms with Crippen molar-refractivity contribution in [3.05, 3.63) is 23.8 Å². The molecule has 1 aromatic rings. The number of hydrogen-bond donors (Lipinski definition) is 0. The Hall–Kier alpha value is -0.700. The van der Waals surface area contributed by atoms with E-state index >= 15 is 0 Å². The first-order chi connectivity index (χ1) is 10.2. The van der Waals surface area contributed by atoms with Crippen LogP contribution in [0.15, 0.2) is 18.2 Å². The lowest BCUT2D eigenvalue weighted by atomic mass is 9.84. The van der Waals surface area contributed by atoms with Crippen LogP contribution in [0.2, 0.25) is 0 Å². The molecular formula is C18H25BrO2. The van der Waals surface area contributed by atoms with E-state index < -0.39 is 0 Å². The minimum absolute atomic E-state index is 0.447. The Labute approximate surface area is 136 Å². The van der Waals surface area contributed by atoms with Crippen molar-refractivity contribution in [2.75, 3.05) is 13.2 Å². The maximum absolute atomic E-state index is 5.76. The summed E-state index contributed by atoms with van der Waals surface area (Å²) in [6.07, 6.45) is 5.71. The summed E-state index contributed by atoms with van der Waals surface area (Å²) in [7, 11) is 0. The highest BCUT2D eigenvalue weighted by atomic mass is 79.9. The third-order valence-electron chi connectivity index (χ3n) is 5.05. The van der Waals surface area contributed by atoms with E-state index in [1.165, 1.54) is 31.2 Å². The van der Waals surface area contributed by atoms with Crippen LogP contribution >= 0.6 is 15.9 Å². The first-order valence-corrected chi connectivity index (χ1v) is 9.18. The Morgan fingerprint density at radius 3 is 2.48 bits per heavy atom. The largest absolute Gasteiger partial charge is 0.490 e. The van der Waals surface area contributed by atoms with E-state index in [4.69, 9.17) is 9.47 Å². The minimum atomic E-state index is 0.447. The topological polar surface area (TPSA) is 18.5 Å². The van der Waals surface area contributed by atoms with Crippen molar-refractivity contribution in [2.45, 2.75) is 44.4 Å². The third-order valence-corrected chi connectivity index (χ3v) is 6.26. The third kappa shape index (κ3) is 3.08. The molecule has 0 aromatic heterocycles. The van der Waals surface area contributed by atoms with Gasteiger partial charge in [0.2, 0.25) is 0 Å². The Morgan fingerprint density at radius 2 is 1.86 bits per heavy atom. The molecule has 2 saturated carbocycles. The number of ether oxygens (including phenoxy) is 2. The van der Waals surface area contributed by atoms with Crippen LogP contribution in [0.1, 0.15) is 49.9 Å². The average Bonchev–Trinajstić information content (AvgIpc) is 3.11. The van der Waals surface area contributed by atoms with Crippen LogP contribution in [0.25, 0.3) is 0 Å². The predicted molar refractivity (Wildman–Crippen MR) is 89.4 cm³/mol. The summed E-state index contributed by atoms with van der Waals surface area (Å²) in [5.74, 6) is 4.42. The molecule has 21 heavy (non-hydrogen) atoms. The van der Waals surface area contributed by atoms with Gasteiger partial charge in [0.05, 0.1) is 13.2 Å². The molecule has 0 saturated heterocycles. The van der Waals surface area contributed by atoms with Gasteiger partial charge in [0.15, 0.2) is 11.5 Å². The molecule has 1 aromatic carbocycles. The highest BCUT2D eigenvalue weighted by Gasteiger charge is 2.42. The highest BCUT2D eigenvalue weighted by molar-refractivity contribution is 9.09. The second kappa shape index (κ2) is 6.60. The van der Waals surface area contributed by atoms with Crippen molar-refractivity contribution < 1.29 is 9.47 Å². The van der Waals surface area contributed by atoms with Gasteiger partial charge in [-0.25, -0.2) is 0 Å². The predicted octanol–water partition coefficient (Wildman–Crippen LogP) is 5.36. The molecule has 4 atom stereocenters. The lowest BCUT2D eigenvalue weighted by Crippen LogP contribution is -2.15. The van der Waals surface area contributed by atoms with Gasteiger partial charge in [0.25, 0.3) is 0 Å². The zero-order valence-electron chi connectivity index (χ0n) is 13.0. The number of benzene rings is 1. The van der Waals surface area contributed by atoms with Crippen molar-refractivity contribution in [3.8, 4) is 11.5 Å². The van der Waals surface area contributed by atoms with Crippen molar-refractivity contribution in [1.29, 1.82) is 0 Å². The maximum atomic E-state index is 5.76. The van der Waals surface area contributed by atoms with Gasteiger partial charge in [0, 0.05) is 4.83 Å². The van der Waals surface area contributed by atoms with E-state index in [2.05, 4.69) is 34.1 Å². The van der Waals surface area contributed by atoms with Crippen LogP contribution in [0, 0.1) is 17.8 Å².